The Hall–Kier alpha value is -3.72. The SMILES string of the molecule is CCC1CC(=O)N(Cc2ccc(NC(=O)c3cccs3)cc2)N=C1c1ccc(F)c(OC)c1OC. The normalized spacial score (nSPS) is 15.5. The maximum atomic E-state index is 14.2. The summed E-state index contributed by atoms with van der Waals surface area (Å²) in [4.78, 5) is 25.8. The molecule has 1 aliphatic heterocycles. The van der Waals surface area contributed by atoms with Gasteiger partial charge in [-0.05, 0) is 47.7 Å². The quantitative estimate of drug-likeness (QED) is 0.459. The van der Waals surface area contributed by atoms with Crippen molar-refractivity contribution in [3.63, 3.8) is 0 Å². The van der Waals surface area contributed by atoms with E-state index >= 15 is 0 Å². The van der Waals surface area contributed by atoms with E-state index in [1.807, 2.05) is 30.5 Å². The fourth-order valence-electron chi connectivity index (χ4n) is 4.02. The van der Waals surface area contributed by atoms with Crippen molar-refractivity contribution in [3.05, 3.63) is 75.7 Å². The molecular weight excluding hydrogens is 469 g/mol. The van der Waals surface area contributed by atoms with Crippen molar-refractivity contribution in [2.75, 3.05) is 19.5 Å². The number of nitrogens with one attached hydrogen (secondary N) is 1. The van der Waals surface area contributed by atoms with Crippen LogP contribution in [0.3, 0.4) is 0 Å². The van der Waals surface area contributed by atoms with Crippen LogP contribution in [0.25, 0.3) is 0 Å². The molecule has 0 bridgehead atoms. The molecular formula is C26H26FN3O4S. The van der Waals surface area contributed by atoms with Gasteiger partial charge in [-0.15, -0.1) is 11.3 Å². The van der Waals surface area contributed by atoms with E-state index in [0.29, 0.717) is 28.3 Å². The van der Waals surface area contributed by atoms with Gasteiger partial charge in [0.1, 0.15) is 0 Å². The average Bonchev–Trinajstić information content (AvgIpc) is 3.41. The fourth-order valence-corrected chi connectivity index (χ4v) is 4.63. The Morgan fingerprint density at radius 2 is 1.89 bits per heavy atom. The van der Waals surface area contributed by atoms with Gasteiger partial charge in [0.15, 0.2) is 17.3 Å². The Labute approximate surface area is 207 Å². The number of benzene rings is 2. The first kappa shape index (κ1) is 24.4. The highest BCUT2D eigenvalue weighted by Gasteiger charge is 2.32. The van der Waals surface area contributed by atoms with Crippen LogP contribution in [0.15, 0.2) is 59.0 Å². The number of amides is 2. The molecule has 182 valence electrons. The van der Waals surface area contributed by atoms with Crippen LogP contribution in [-0.4, -0.2) is 36.8 Å². The second kappa shape index (κ2) is 10.7. The van der Waals surface area contributed by atoms with Gasteiger partial charge in [-0.25, -0.2) is 9.40 Å². The molecule has 2 aromatic carbocycles. The maximum Gasteiger partial charge on any atom is 0.265 e. The Bertz CT molecular complexity index is 1240. The minimum absolute atomic E-state index is 0.00573. The highest BCUT2D eigenvalue weighted by atomic mass is 32.1. The van der Waals surface area contributed by atoms with Crippen molar-refractivity contribution >= 4 is 34.6 Å². The van der Waals surface area contributed by atoms with Crippen LogP contribution in [0.1, 0.15) is 40.6 Å². The Morgan fingerprint density at radius 1 is 1.14 bits per heavy atom. The fraction of sp³-hybridized carbons (Fsp3) is 0.269. The summed E-state index contributed by atoms with van der Waals surface area (Å²) in [6, 6.07) is 13.8. The van der Waals surface area contributed by atoms with Crippen molar-refractivity contribution in [2.45, 2.75) is 26.3 Å². The largest absolute Gasteiger partial charge is 0.492 e. The molecule has 0 saturated carbocycles. The topological polar surface area (TPSA) is 80.2 Å². The first-order chi connectivity index (χ1) is 16.9. The van der Waals surface area contributed by atoms with Crippen molar-refractivity contribution in [1.29, 1.82) is 0 Å². The van der Waals surface area contributed by atoms with E-state index < -0.39 is 5.82 Å². The van der Waals surface area contributed by atoms with Crippen molar-refractivity contribution in [3.8, 4) is 11.5 Å². The summed E-state index contributed by atoms with van der Waals surface area (Å²) >= 11 is 1.37. The number of methoxy groups -OCH3 is 2. The Kier molecular flexibility index (Phi) is 7.45. The average molecular weight is 496 g/mol. The lowest BCUT2D eigenvalue weighted by atomic mass is 9.89. The third kappa shape index (κ3) is 5.19. The summed E-state index contributed by atoms with van der Waals surface area (Å²) in [6.07, 6.45) is 0.979. The standard InChI is InChI=1S/C26H26FN3O4S/c1-4-17-14-22(31)30(29-23(17)19-11-12-20(27)25(34-3)24(19)33-2)15-16-7-9-18(10-8-16)28-26(32)21-6-5-13-35-21/h5-13,17H,4,14-15H2,1-3H3,(H,28,32). The molecule has 35 heavy (non-hydrogen) atoms. The smallest absolute Gasteiger partial charge is 0.265 e. The summed E-state index contributed by atoms with van der Waals surface area (Å²) in [5, 5.41) is 10.8. The molecule has 2 heterocycles. The van der Waals surface area contributed by atoms with Crippen LogP contribution in [0.4, 0.5) is 10.1 Å². The van der Waals surface area contributed by atoms with Crippen molar-refractivity contribution in [1.82, 2.24) is 5.01 Å². The minimum Gasteiger partial charge on any atom is -0.492 e. The lowest BCUT2D eigenvalue weighted by Gasteiger charge is -2.30. The number of ether oxygens (including phenoxy) is 2. The molecule has 0 saturated heterocycles. The van der Waals surface area contributed by atoms with Gasteiger partial charge in [0, 0.05) is 23.6 Å². The maximum absolute atomic E-state index is 14.2. The van der Waals surface area contributed by atoms with Gasteiger partial charge in [-0.2, -0.15) is 5.10 Å². The van der Waals surface area contributed by atoms with Crippen LogP contribution < -0.4 is 14.8 Å². The highest BCUT2D eigenvalue weighted by Crippen LogP contribution is 2.37. The van der Waals surface area contributed by atoms with E-state index in [2.05, 4.69) is 10.4 Å². The molecule has 1 aromatic heterocycles. The van der Waals surface area contributed by atoms with E-state index in [0.717, 1.165) is 5.56 Å². The number of thiophene rings is 1. The molecule has 0 fully saturated rings. The molecule has 1 aliphatic rings. The molecule has 1 atom stereocenters. The molecule has 2 amide bonds. The lowest BCUT2D eigenvalue weighted by Crippen LogP contribution is -2.37. The van der Waals surface area contributed by atoms with Gasteiger partial charge in [0.2, 0.25) is 5.91 Å². The van der Waals surface area contributed by atoms with E-state index in [1.165, 1.54) is 36.6 Å². The zero-order valence-electron chi connectivity index (χ0n) is 19.7. The number of halogens is 1. The first-order valence-corrected chi connectivity index (χ1v) is 12.1. The minimum atomic E-state index is -0.531. The van der Waals surface area contributed by atoms with E-state index in [9.17, 15) is 14.0 Å². The van der Waals surface area contributed by atoms with E-state index in [-0.39, 0.29) is 42.2 Å². The van der Waals surface area contributed by atoms with Crippen LogP contribution in [0.5, 0.6) is 11.5 Å². The molecule has 1 N–H and O–H groups in total. The second-order valence-electron chi connectivity index (χ2n) is 8.04. The van der Waals surface area contributed by atoms with Crippen LogP contribution in [-0.2, 0) is 11.3 Å². The van der Waals surface area contributed by atoms with Gasteiger partial charge < -0.3 is 14.8 Å². The molecule has 7 nitrogen and oxygen atoms in total. The summed E-state index contributed by atoms with van der Waals surface area (Å²) < 4.78 is 24.9. The number of carbonyl (C=O) groups excluding carboxylic acids is 2. The third-order valence-electron chi connectivity index (χ3n) is 5.85. The monoisotopic (exact) mass is 495 g/mol. The molecule has 3 aromatic rings. The zero-order chi connectivity index (χ0) is 24.9. The molecule has 0 spiro atoms. The summed E-state index contributed by atoms with van der Waals surface area (Å²) in [5.41, 5.74) is 2.77. The van der Waals surface area contributed by atoms with Gasteiger partial charge in [0.25, 0.3) is 5.91 Å². The van der Waals surface area contributed by atoms with Crippen LogP contribution in [0.2, 0.25) is 0 Å². The van der Waals surface area contributed by atoms with Gasteiger partial charge in [-0.1, -0.05) is 25.1 Å². The van der Waals surface area contributed by atoms with Gasteiger partial charge in [-0.3, -0.25) is 9.59 Å². The van der Waals surface area contributed by atoms with Crippen molar-refractivity contribution in [2.24, 2.45) is 11.0 Å². The third-order valence-corrected chi connectivity index (χ3v) is 6.72. The second-order valence-corrected chi connectivity index (χ2v) is 8.98. The number of hydrazone groups is 1. The number of rotatable bonds is 8. The molecule has 4 rings (SSSR count). The summed E-state index contributed by atoms with van der Waals surface area (Å²) in [7, 11) is 2.83. The Balaban J connectivity index is 1.58. The Morgan fingerprint density at radius 3 is 2.51 bits per heavy atom. The summed E-state index contributed by atoms with van der Waals surface area (Å²) in [6.45, 7) is 2.25. The predicted octanol–water partition coefficient (Wildman–Crippen LogP) is 5.32. The number of nitrogens with zero attached hydrogens (tertiary/aromatic N) is 2. The predicted molar refractivity (Wildman–Crippen MR) is 134 cm³/mol. The highest BCUT2D eigenvalue weighted by molar-refractivity contribution is 7.12. The summed E-state index contributed by atoms with van der Waals surface area (Å²) in [5.74, 6) is -0.656. The zero-order valence-corrected chi connectivity index (χ0v) is 20.5. The molecule has 9 heteroatoms. The molecule has 0 aliphatic carbocycles. The van der Waals surface area contributed by atoms with Crippen molar-refractivity contribution < 1.29 is 23.5 Å². The lowest BCUT2D eigenvalue weighted by molar-refractivity contribution is -0.133. The van der Waals surface area contributed by atoms with E-state index in [1.54, 1.807) is 24.3 Å². The van der Waals surface area contributed by atoms with Crippen LogP contribution >= 0.6 is 11.3 Å². The number of anilines is 1. The number of carbonyl (C=O) groups is 2. The number of hydrogen-bond donors (Lipinski definition) is 1. The van der Waals surface area contributed by atoms with E-state index in [4.69, 9.17) is 9.47 Å². The molecule has 0 radical (unpaired) electrons. The van der Waals surface area contributed by atoms with Crippen LogP contribution in [0, 0.1) is 11.7 Å². The molecule has 1 unspecified atom stereocenters. The van der Waals surface area contributed by atoms with Gasteiger partial charge in [0.05, 0.1) is 31.4 Å². The van der Waals surface area contributed by atoms with Gasteiger partial charge >= 0.3 is 0 Å². The first-order valence-electron chi connectivity index (χ1n) is 11.2. The number of hydrogen-bond acceptors (Lipinski definition) is 6.